The fourth-order valence-corrected chi connectivity index (χ4v) is 1.42. The number of hydrogen-bond donors (Lipinski definition) is 0. The SMILES string of the molecule is C1=CCCCC=CCCC/C=C/C=C/1. The van der Waals surface area contributed by atoms with Gasteiger partial charge in [-0.05, 0) is 38.5 Å². The predicted octanol–water partition coefficient (Wildman–Crippen LogP) is 4.57. The van der Waals surface area contributed by atoms with E-state index in [-0.39, 0.29) is 0 Å². The van der Waals surface area contributed by atoms with Crippen molar-refractivity contribution in [2.24, 2.45) is 0 Å². The Bertz CT molecular complexity index is 204. The highest BCUT2D eigenvalue weighted by Gasteiger charge is 1.82. The third-order valence-corrected chi connectivity index (χ3v) is 2.26. The fraction of sp³-hybridized carbons (Fsp3) is 0.429. The highest BCUT2D eigenvalue weighted by molar-refractivity contribution is 5.11. The third kappa shape index (κ3) is 6.47. The minimum atomic E-state index is 1.19. The van der Waals surface area contributed by atoms with Gasteiger partial charge in [-0.15, -0.1) is 0 Å². The van der Waals surface area contributed by atoms with Gasteiger partial charge in [0.15, 0.2) is 0 Å². The van der Waals surface area contributed by atoms with Gasteiger partial charge in [-0.1, -0.05) is 48.6 Å². The number of rotatable bonds is 0. The van der Waals surface area contributed by atoms with E-state index in [4.69, 9.17) is 0 Å². The van der Waals surface area contributed by atoms with Gasteiger partial charge >= 0.3 is 0 Å². The zero-order valence-electron chi connectivity index (χ0n) is 8.86. The Morgan fingerprint density at radius 2 is 0.857 bits per heavy atom. The normalized spacial score (nSPS) is 24.0. The molecule has 0 spiro atoms. The van der Waals surface area contributed by atoms with E-state index in [1.807, 2.05) is 0 Å². The van der Waals surface area contributed by atoms with Crippen LogP contribution < -0.4 is 0 Å². The van der Waals surface area contributed by atoms with Crippen molar-refractivity contribution >= 4 is 0 Å². The van der Waals surface area contributed by atoms with Crippen molar-refractivity contribution in [1.29, 1.82) is 0 Å². The van der Waals surface area contributed by atoms with E-state index in [0.29, 0.717) is 0 Å². The summed E-state index contributed by atoms with van der Waals surface area (Å²) in [7, 11) is 0. The minimum Gasteiger partial charge on any atom is -0.0885 e. The van der Waals surface area contributed by atoms with Crippen LogP contribution in [0, 0.1) is 0 Å². The smallest absolute Gasteiger partial charge is 0.0345 e. The highest BCUT2D eigenvalue weighted by atomic mass is 13.9. The summed E-state index contributed by atoms with van der Waals surface area (Å²) in [4.78, 5) is 0. The first-order valence-electron chi connectivity index (χ1n) is 5.63. The standard InChI is InChI=1S/C14H20/c1-2-4-6-8-10-12-14-13-11-9-7-5-3-1/h1-6,13-14H,7-12H2/b2-1+,5-3+,6-4?,14-13?. The van der Waals surface area contributed by atoms with E-state index in [0.717, 1.165) is 0 Å². The molecule has 0 saturated heterocycles. The van der Waals surface area contributed by atoms with Crippen LogP contribution in [0.2, 0.25) is 0 Å². The molecule has 76 valence electrons. The molecule has 0 heteroatoms. The van der Waals surface area contributed by atoms with Crippen LogP contribution in [0.5, 0.6) is 0 Å². The van der Waals surface area contributed by atoms with Gasteiger partial charge in [0.25, 0.3) is 0 Å². The van der Waals surface area contributed by atoms with Crippen molar-refractivity contribution in [1.82, 2.24) is 0 Å². The van der Waals surface area contributed by atoms with Crippen molar-refractivity contribution in [2.45, 2.75) is 38.5 Å². The first-order valence-corrected chi connectivity index (χ1v) is 5.63. The summed E-state index contributed by atoms with van der Waals surface area (Å²) in [6.45, 7) is 0. The molecular weight excluding hydrogens is 168 g/mol. The van der Waals surface area contributed by atoms with Gasteiger partial charge < -0.3 is 0 Å². The van der Waals surface area contributed by atoms with E-state index < -0.39 is 0 Å². The minimum absolute atomic E-state index is 1.19. The lowest BCUT2D eigenvalue weighted by atomic mass is 10.1. The average molecular weight is 188 g/mol. The molecule has 0 saturated carbocycles. The van der Waals surface area contributed by atoms with Crippen LogP contribution in [0.3, 0.4) is 0 Å². The van der Waals surface area contributed by atoms with Gasteiger partial charge in [-0.2, -0.15) is 0 Å². The van der Waals surface area contributed by atoms with Crippen LogP contribution in [0.15, 0.2) is 48.6 Å². The Hall–Kier alpha value is -1.04. The van der Waals surface area contributed by atoms with E-state index >= 15 is 0 Å². The summed E-state index contributed by atoms with van der Waals surface area (Å²) < 4.78 is 0. The number of allylic oxidation sites excluding steroid dienone is 8. The molecule has 0 radical (unpaired) electrons. The molecule has 1 rings (SSSR count). The zero-order valence-corrected chi connectivity index (χ0v) is 8.86. The summed E-state index contributed by atoms with van der Waals surface area (Å²) in [6, 6.07) is 0. The van der Waals surface area contributed by atoms with Gasteiger partial charge in [-0.3, -0.25) is 0 Å². The molecule has 0 fully saturated rings. The average Bonchev–Trinajstić information content (AvgIpc) is 2.22. The molecule has 0 aromatic heterocycles. The van der Waals surface area contributed by atoms with Crippen LogP contribution in [0.4, 0.5) is 0 Å². The maximum atomic E-state index is 2.32. The maximum Gasteiger partial charge on any atom is -0.0345 e. The quantitative estimate of drug-likeness (QED) is 0.489. The molecule has 0 bridgehead atoms. The molecule has 0 amide bonds. The van der Waals surface area contributed by atoms with E-state index in [9.17, 15) is 0 Å². The lowest BCUT2D eigenvalue weighted by molar-refractivity contribution is 0.840. The molecule has 0 N–H and O–H groups in total. The summed E-state index contributed by atoms with van der Waals surface area (Å²) in [5, 5.41) is 0. The Morgan fingerprint density at radius 3 is 1.36 bits per heavy atom. The topological polar surface area (TPSA) is 0 Å². The van der Waals surface area contributed by atoms with Crippen molar-refractivity contribution in [3.05, 3.63) is 48.6 Å². The van der Waals surface area contributed by atoms with Crippen LogP contribution in [0.1, 0.15) is 38.5 Å². The van der Waals surface area contributed by atoms with E-state index in [1.165, 1.54) is 38.5 Å². The van der Waals surface area contributed by atoms with Crippen LogP contribution in [0.25, 0.3) is 0 Å². The van der Waals surface area contributed by atoms with Crippen LogP contribution in [-0.4, -0.2) is 0 Å². The predicted molar refractivity (Wildman–Crippen MR) is 64.3 cm³/mol. The molecule has 1 aliphatic carbocycles. The summed E-state index contributed by atoms with van der Waals surface area (Å²) in [5.41, 5.74) is 0. The van der Waals surface area contributed by atoms with E-state index in [1.54, 1.807) is 0 Å². The molecule has 1 aliphatic rings. The first-order chi connectivity index (χ1) is 7.00. The molecule has 0 nitrogen and oxygen atoms in total. The van der Waals surface area contributed by atoms with E-state index in [2.05, 4.69) is 48.6 Å². The number of hydrogen-bond acceptors (Lipinski definition) is 0. The molecule has 0 unspecified atom stereocenters. The molecule has 14 heavy (non-hydrogen) atoms. The van der Waals surface area contributed by atoms with Crippen molar-refractivity contribution < 1.29 is 0 Å². The summed E-state index contributed by atoms with van der Waals surface area (Å²) in [6.07, 6.45) is 25.0. The van der Waals surface area contributed by atoms with Crippen molar-refractivity contribution in [3.8, 4) is 0 Å². The van der Waals surface area contributed by atoms with Crippen LogP contribution in [-0.2, 0) is 0 Å². The van der Waals surface area contributed by atoms with Gasteiger partial charge in [0.2, 0.25) is 0 Å². The van der Waals surface area contributed by atoms with Gasteiger partial charge in [0.05, 0.1) is 0 Å². The van der Waals surface area contributed by atoms with Gasteiger partial charge in [0, 0.05) is 0 Å². The Morgan fingerprint density at radius 1 is 0.429 bits per heavy atom. The first kappa shape index (κ1) is 11.0. The molecule has 0 aromatic rings. The Labute approximate surface area is 87.7 Å². The van der Waals surface area contributed by atoms with Crippen molar-refractivity contribution in [3.63, 3.8) is 0 Å². The Balaban J connectivity index is 2.35. The maximum absolute atomic E-state index is 2.32. The van der Waals surface area contributed by atoms with Crippen LogP contribution >= 0.6 is 0 Å². The second-order valence-corrected chi connectivity index (χ2v) is 3.57. The Kier molecular flexibility index (Phi) is 6.74. The summed E-state index contributed by atoms with van der Waals surface area (Å²) in [5.74, 6) is 0. The van der Waals surface area contributed by atoms with Gasteiger partial charge in [0.1, 0.15) is 0 Å². The zero-order chi connectivity index (χ0) is 9.90. The lowest BCUT2D eigenvalue weighted by Crippen LogP contribution is -1.72. The fourth-order valence-electron chi connectivity index (χ4n) is 1.42. The molecule has 0 atom stereocenters. The second kappa shape index (κ2) is 8.55. The molecule has 0 aromatic carbocycles. The van der Waals surface area contributed by atoms with Gasteiger partial charge in [-0.25, -0.2) is 0 Å². The monoisotopic (exact) mass is 188 g/mol. The second-order valence-electron chi connectivity index (χ2n) is 3.57. The third-order valence-electron chi connectivity index (χ3n) is 2.26. The molecule has 0 heterocycles. The highest BCUT2D eigenvalue weighted by Crippen LogP contribution is 2.03. The molecule has 0 aliphatic heterocycles. The molecular formula is C14H20. The largest absolute Gasteiger partial charge is 0.0885 e. The van der Waals surface area contributed by atoms with Crippen molar-refractivity contribution in [2.75, 3.05) is 0 Å². The summed E-state index contributed by atoms with van der Waals surface area (Å²) >= 11 is 0. The lowest BCUT2D eigenvalue weighted by Gasteiger charge is -1.92.